The third-order valence-electron chi connectivity index (χ3n) is 11.7. The SMILES string of the molecule is Cc1cc(C)c(C#C[Si](/C=C(\C/C(=C(/O[Si](C)(C)C)c2c(C)cc(C)cc2C)c2c(C)cc(C)cc2C)c2c(C)cc(C)cc2C)([Si](C)(C)C)[Si](C)(C)C)c(C)c1. The molecule has 0 aliphatic rings. The van der Waals surface area contributed by atoms with Gasteiger partial charge >= 0.3 is 0 Å². The molecule has 4 aromatic carbocycles. The lowest BCUT2D eigenvalue weighted by molar-refractivity contribution is 0.514. The normalized spacial score (nSPS) is 13.3. The summed E-state index contributed by atoms with van der Waals surface area (Å²) in [6.07, 6.45) is 0.774. The fourth-order valence-corrected chi connectivity index (χ4v) is 49.0. The van der Waals surface area contributed by atoms with Crippen molar-refractivity contribution >= 4 is 47.5 Å². The zero-order chi connectivity index (χ0) is 43.2. The van der Waals surface area contributed by atoms with Crippen LogP contribution in [0.3, 0.4) is 0 Å². The number of aryl methyl sites for hydroxylation is 12. The maximum absolute atomic E-state index is 7.50. The molecule has 1 nitrogen and oxygen atoms in total. The van der Waals surface area contributed by atoms with Gasteiger partial charge in [-0.15, -0.1) is 5.54 Å². The summed E-state index contributed by atoms with van der Waals surface area (Å²) < 4.78 is 7.50. The molecule has 0 bridgehead atoms. The smallest absolute Gasteiger partial charge is 0.242 e. The van der Waals surface area contributed by atoms with E-state index in [1.165, 1.54) is 100 Å². The number of allylic oxidation sites excluding steroid dienone is 2. The van der Waals surface area contributed by atoms with Gasteiger partial charge in [0.1, 0.15) is 12.9 Å². The summed E-state index contributed by atoms with van der Waals surface area (Å²) in [6, 6.07) is 18.8. The Morgan fingerprint density at radius 3 is 1.16 bits per heavy atom. The number of rotatable bonds is 10. The first-order valence-electron chi connectivity index (χ1n) is 21.1. The van der Waals surface area contributed by atoms with E-state index in [4.69, 9.17) is 4.43 Å². The molecular weight excluding hydrogens is 753 g/mol. The number of hydrogen-bond donors (Lipinski definition) is 0. The molecule has 304 valence electrons. The average molecular weight is 828 g/mol. The van der Waals surface area contributed by atoms with E-state index in [2.05, 4.69) is 208 Å². The van der Waals surface area contributed by atoms with Gasteiger partial charge in [0, 0.05) is 23.1 Å². The minimum absolute atomic E-state index is 0.774. The van der Waals surface area contributed by atoms with Crippen LogP contribution in [0.4, 0.5) is 0 Å². The second-order valence-electron chi connectivity index (χ2n) is 20.5. The molecule has 4 aromatic rings. The Morgan fingerprint density at radius 1 is 0.474 bits per heavy atom. The van der Waals surface area contributed by atoms with Crippen molar-refractivity contribution in [2.45, 2.75) is 148 Å². The van der Waals surface area contributed by atoms with E-state index in [9.17, 15) is 0 Å². The van der Waals surface area contributed by atoms with E-state index in [0.717, 1.165) is 12.2 Å². The first-order valence-corrected chi connectivity index (χ1v) is 35.5. The first-order chi connectivity index (χ1) is 26.1. The van der Waals surface area contributed by atoms with Crippen molar-refractivity contribution in [2.75, 3.05) is 0 Å². The summed E-state index contributed by atoms with van der Waals surface area (Å²) in [5, 5.41) is 0. The zero-order valence-electron chi connectivity index (χ0n) is 39.8. The van der Waals surface area contributed by atoms with E-state index < -0.39 is 30.6 Å². The monoisotopic (exact) mass is 826 g/mol. The van der Waals surface area contributed by atoms with Gasteiger partial charge in [0.05, 0.1) is 15.2 Å². The Balaban J connectivity index is 2.34. The number of benzene rings is 4. The third kappa shape index (κ3) is 10.2. The summed E-state index contributed by atoms with van der Waals surface area (Å²) in [6.45, 7) is 49.9. The van der Waals surface area contributed by atoms with Crippen LogP contribution in [-0.4, -0.2) is 30.6 Å². The van der Waals surface area contributed by atoms with Gasteiger partial charge in [0.2, 0.25) is 8.32 Å². The largest absolute Gasteiger partial charge is 0.544 e. The maximum atomic E-state index is 7.50. The van der Waals surface area contributed by atoms with Crippen LogP contribution in [0.15, 0.2) is 54.2 Å². The third-order valence-corrected chi connectivity index (χ3v) is 47.9. The molecule has 0 radical (unpaired) electrons. The molecule has 0 N–H and O–H groups in total. The predicted molar refractivity (Wildman–Crippen MR) is 266 cm³/mol. The van der Waals surface area contributed by atoms with Crippen LogP contribution in [0.1, 0.15) is 95.4 Å². The summed E-state index contributed by atoms with van der Waals surface area (Å²) in [4.78, 5) is 0. The van der Waals surface area contributed by atoms with Gasteiger partial charge in [-0.2, -0.15) is 0 Å². The van der Waals surface area contributed by atoms with Crippen molar-refractivity contribution in [2.24, 2.45) is 0 Å². The molecule has 0 atom stereocenters. The van der Waals surface area contributed by atoms with Crippen molar-refractivity contribution in [3.05, 3.63) is 143 Å². The highest BCUT2D eigenvalue weighted by Gasteiger charge is 2.53. The van der Waals surface area contributed by atoms with E-state index in [0.29, 0.717) is 0 Å². The van der Waals surface area contributed by atoms with Crippen LogP contribution in [-0.2, 0) is 4.43 Å². The van der Waals surface area contributed by atoms with Gasteiger partial charge in [-0.1, -0.05) is 122 Å². The van der Waals surface area contributed by atoms with Crippen LogP contribution < -0.4 is 0 Å². The van der Waals surface area contributed by atoms with Crippen molar-refractivity contribution in [1.82, 2.24) is 0 Å². The molecule has 0 unspecified atom stereocenters. The summed E-state index contributed by atoms with van der Waals surface area (Å²) >= 11 is 0. The minimum atomic E-state index is -2.44. The van der Waals surface area contributed by atoms with E-state index in [1.54, 1.807) is 0 Å². The second kappa shape index (κ2) is 17.1. The van der Waals surface area contributed by atoms with Crippen LogP contribution in [0.25, 0.3) is 16.9 Å². The molecular formula is C52H74OSi4. The zero-order valence-corrected chi connectivity index (χ0v) is 43.8. The van der Waals surface area contributed by atoms with Gasteiger partial charge in [-0.3, -0.25) is 0 Å². The average Bonchev–Trinajstić information content (AvgIpc) is 2.99. The standard InChI is InChI=1S/C52H74OSi4/c1-34-24-38(5)47(39(6)25-34)22-23-57(55(16,17)18,56(19,20)21)33-46(49-40(7)26-35(2)27-41(49)8)32-48(50-42(9)28-36(3)29-43(50)10)52(53-54(13,14)15)51-44(11)30-37(4)31-45(51)12/h24-31,33H,32H2,1-21H3/b46-33+,52-48-. The molecule has 4 rings (SSSR count). The quantitative estimate of drug-likeness (QED) is 0.0670. The molecule has 0 aliphatic carbocycles. The molecule has 0 spiro atoms. The lowest BCUT2D eigenvalue weighted by Crippen LogP contribution is -2.70. The Morgan fingerprint density at radius 2 is 0.807 bits per heavy atom. The second-order valence-corrected chi connectivity index (χ2v) is 51.3. The summed E-state index contributed by atoms with van der Waals surface area (Å²) in [5.74, 6) is 5.04. The molecule has 0 aromatic heterocycles. The Kier molecular flexibility index (Phi) is 13.8. The van der Waals surface area contributed by atoms with Crippen LogP contribution in [0.2, 0.25) is 58.9 Å². The van der Waals surface area contributed by atoms with Crippen molar-refractivity contribution in [1.29, 1.82) is 0 Å². The lowest BCUT2D eigenvalue weighted by atomic mass is 9.83. The highest BCUT2D eigenvalue weighted by molar-refractivity contribution is 7.73. The maximum Gasteiger partial charge on any atom is 0.242 e. The number of hydrogen-bond acceptors (Lipinski definition) is 1. The Labute approximate surface area is 353 Å². The predicted octanol–water partition coefficient (Wildman–Crippen LogP) is 15.0. The molecule has 5 heteroatoms. The highest BCUT2D eigenvalue weighted by atomic mass is 29.6. The summed E-state index contributed by atoms with van der Waals surface area (Å²) in [7, 11) is -8.39. The topological polar surface area (TPSA) is 9.23 Å². The first kappa shape index (κ1) is 46.3. The fraction of sp³-hybridized carbons (Fsp3) is 0.423. The molecule has 0 saturated carbocycles. The van der Waals surface area contributed by atoms with Gasteiger partial charge in [0.25, 0.3) is 0 Å². The van der Waals surface area contributed by atoms with Crippen molar-refractivity contribution in [3.8, 4) is 11.5 Å². The van der Waals surface area contributed by atoms with Crippen molar-refractivity contribution in [3.63, 3.8) is 0 Å². The molecule has 57 heavy (non-hydrogen) atoms. The molecule has 0 saturated heterocycles. The molecule has 0 amide bonds. The Bertz CT molecular complexity index is 2210. The van der Waals surface area contributed by atoms with Crippen molar-refractivity contribution < 1.29 is 4.43 Å². The van der Waals surface area contributed by atoms with Crippen LogP contribution in [0, 0.1) is 94.5 Å². The van der Waals surface area contributed by atoms with Gasteiger partial charge in [0.15, 0.2) is 0 Å². The van der Waals surface area contributed by atoms with Crippen LogP contribution in [0.5, 0.6) is 0 Å². The Hall–Kier alpha value is -3.41. The molecule has 0 aliphatic heterocycles. The van der Waals surface area contributed by atoms with E-state index in [1.807, 2.05) is 0 Å². The highest BCUT2D eigenvalue weighted by Crippen LogP contribution is 2.44. The molecule has 0 heterocycles. The van der Waals surface area contributed by atoms with Crippen LogP contribution >= 0.6 is 0 Å². The summed E-state index contributed by atoms with van der Waals surface area (Å²) in [5.41, 5.74) is 30.8. The van der Waals surface area contributed by atoms with E-state index >= 15 is 0 Å². The van der Waals surface area contributed by atoms with E-state index in [-0.39, 0.29) is 0 Å². The minimum Gasteiger partial charge on any atom is -0.544 e. The fourth-order valence-electron chi connectivity index (χ4n) is 9.90. The van der Waals surface area contributed by atoms with Gasteiger partial charge in [-0.05, 0) is 164 Å². The molecule has 0 fully saturated rings. The lowest BCUT2D eigenvalue weighted by Gasteiger charge is -2.45. The van der Waals surface area contributed by atoms with Gasteiger partial charge in [-0.25, -0.2) is 0 Å². The van der Waals surface area contributed by atoms with Gasteiger partial charge < -0.3 is 4.43 Å².